The number of hydrogen-bond donors (Lipinski definition) is 1. The van der Waals surface area contributed by atoms with Gasteiger partial charge in [0.1, 0.15) is 12.3 Å². The van der Waals surface area contributed by atoms with Gasteiger partial charge in [0.25, 0.3) is 0 Å². The summed E-state index contributed by atoms with van der Waals surface area (Å²) in [7, 11) is 0. The van der Waals surface area contributed by atoms with Crippen LogP contribution in [-0.4, -0.2) is 12.6 Å². The van der Waals surface area contributed by atoms with Crippen LogP contribution in [0.4, 0.5) is 0 Å². The highest BCUT2D eigenvalue weighted by atomic mass is 16.5. The van der Waals surface area contributed by atoms with Gasteiger partial charge in [-0.25, -0.2) is 0 Å². The van der Waals surface area contributed by atoms with Crippen LogP contribution >= 0.6 is 0 Å². The van der Waals surface area contributed by atoms with Crippen molar-refractivity contribution in [2.45, 2.75) is 45.2 Å². The Morgan fingerprint density at radius 3 is 2.88 bits per heavy atom. The highest BCUT2D eigenvalue weighted by Crippen LogP contribution is 2.15. The quantitative estimate of drug-likeness (QED) is 0.808. The van der Waals surface area contributed by atoms with E-state index < -0.39 is 0 Å². The van der Waals surface area contributed by atoms with Crippen LogP contribution in [0.3, 0.4) is 0 Å². The van der Waals surface area contributed by atoms with E-state index in [4.69, 9.17) is 4.74 Å². The van der Waals surface area contributed by atoms with Gasteiger partial charge < -0.3 is 10.1 Å². The molecule has 2 nitrogen and oxygen atoms in total. The maximum atomic E-state index is 5.50. The zero-order chi connectivity index (χ0) is 11.2. The monoisotopic (exact) mass is 220 g/mol. The lowest BCUT2D eigenvalue weighted by Crippen LogP contribution is -2.87. The smallest absolute Gasteiger partial charge is 0.119 e. The lowest BCUT2D eigenvalue weighted by molar-refractivity contribution is -0.703. The van der Waals surface area contributed by atoms with Gasteiger partial charge in [0, 0.05) is 5.56 Å². The zero-order valence-corrected chi connectivity index (χ0v) is 10.1. The molecular formula is C14H22NO+. The molecule has 0 aliphatic heterocycles. The number of hydrogen-bond acceptors (Lipinski definition) is 1. The average Bonchev–Trinajstić information content (AvgIpc) is 2.80. The SMILES string of the molecule is CCOc1cccc(C[NH2+]C2CCCC2)c1. The standard InChI is InChI=1S/C14H21NO/c1-2-16-14-9-5-6-12(10-14)11-15-13-7-3-4-8-13/h5-6,9-10,13,15H,2-4,7-8,11H2,1H3/p+1. The number of quaternary nitrogens is 1. The molecule has 1 aromatic carbocycles. The van der Waals surface area contributed by atoms with Crippen molar-refractivity contribution in [1.82, 2.24) is 0 Å². The van der Waals surface area contributed by atoms with Gasteiger partial charge in [-0.05, 0) is 44.7 Å². The Morgan fingerprint density at radius 2 is 2.12 bits per heavy atom. The normalized spacial score (nSPS) is 16.6. The third kappa shape index (κ3) is 3.24. The molecule has 0 atom stereocenters. The summed E-state index contributed by atoms with van der Waals surface area (Å²) >= 11 is 0. The van der Waals surface area contributed by atoms with E-state index in [1.807, 2.05) is 13.0 Å². The molecule has 88 valence electrons. The van der Waals surface area contributed by atoms with E-state index in [2.05, 4.69) is 23.5 Å². The van der Waals surface area contributed by atoms with Crippen molar-refractivity contribution >= 4 is 0 Å². The Balaban J connectivity index is 1.85. The van der Waals surface area contributed by atoms with Crippen LogP contribution in [0.1, 0.15) is 38.2 Å². The molecule has 2 N–H and O–H groups in total. The molecule has 2 heteroatoms. The Hall–Kier alpha value is -1.02. The maximum Gasteiger partial charge on any atom is 0.119 e. The zero-order valence-electron chi connectivity index (χ0n) is 10.1. The van der Waals surface area contributed by atoms with Crippen LogP contribution in [0.5, 0.6) is 5.75 Å². The fourth-order valence-corrected chi connectivity index (χ4v) is 2.42. The van der Waals surface area contributed by atoms with Gasteiger partial charge in [0.05, 0.1) is 12.6 Å². The second-order valence-electron chi connectivity index (χ2n) is 4.56. The van der Waals surface area contributed by atoms with E-state index in [1.165, 1.54) is 31.2 Å². The summed E-state index contributed by atoms with van der Waals surface area (Å²) < 4.78 is 5.50. The lowest BCUT2D eigenvalue weighted by atomic mass is 10.2. The van der Waals surface area contributed by atoms with Crippen LogP contribution in [-0.2, 0) is 6.54 Å². The van der Waals surface area contributed by atoms with Gasteiger partial charge in [-0.1, -0.05) is 12.1 Å². The van der Waals surface area contributed by atoms with Crippen LogP contribution in [0.25, 0.3) is 0 Å². The molecule has 0 saturated heterocycles. The van der Waals surface area contributed by atoms with E-state index >= 15 is 0 Å². The highest BCUT2D eigenvalue weighted by molar-refractivity contribution is 5.27. The first kappa shape index (κ1) is 11.5. The van der Waals surface area contributed by atoms with Gasteiger partial charge in [0.2, 0.25) is 0 Å². The van der Waals surface area contributed by atoms with E-state index in [9.17, 15) is 0 Å². The summed E-state index contributed by atoms with van der Waals surface area (Å²) in [5.41, 5.74) is 1.37. The molecule has 16 heavy (non-hydrogen) atoms. The van der Waals surface area contributed by atoms with Gasteiger partial charge in [0.15, 0.2) is 0 Å². The molecule has 2 rings (SSSR count). The van der Waals surface area contributed by atoms with Crippen molar-refractivity contribution in [2.24, 2.45) is 0 Å². The second kappa shape index (κ2) is 5.90. The minimum atomic E-state index is 0.746. The van der Waals surface area contributed by atoms with Crippen molar-refractivity contribution in [3.05, 3.63) is 29.8 Å². The summed E-state index contributed by atoms with van der Waals surface area (Å²) in [6.45, 7) is 3.86. The topological polar surface area (TPSA) is 25.8 Å². The van der Waals surface area contributed by atoms with Gasteiger partial charge in [-0.3, -0.25) is 0 Å². The minimum Gasteiger partial charge on any atom is -0.494 e. The summed E-state index contributed by atoms with van der Waals surface area (Å²) in [6.07, 6.45) is 5.62. The van der Waals surface area contributed by atoms with E-state index in [0.29, 0.717) is 0 Å². The first-order valence-corrected chi connectivity index (χ1v) is 6.43. The molecule has 0 unspecified atom stereocenters. The lowest BCUT2D eigenvalue weighted by Gasteiger charge is -2.09. The fourth-order valence-electron chi connectivity index (χ4n) is 2.42. The Kier molecular flexibility index (Phi) is 4.23. The molecule has 1 aromatic rings. The molecule has 0 spiro atoms. The third-order valence-corrected chi connectivity index (χ3v) is 3.30. The summed E-state index contributed by atoms with van der Waals surface area (Å²) in [5, 5.41) is 2.48. The highest BCUT2D eigenvalue weighted by Gasteiger charge is 2.17. The van der Waals surface area contributed by atoms with E-state index in [1.54, 1.807) is 0 Å². The van der Waals surface area contributed by atoms with Gasteiger partial charge >= 0.3 is 0 Å². The molecule has 1 fully saturated rings. The van der Waals surface area contributed by atoms with Crippen molar-refractivity contribution < 1.29 is 10.1 Å². The molecule has 0 aromatic heterocycles. The molecular weight excluding hydrogens is 198 g/mol. The third-order valence-electron chi connectivity index (χ3n) is 3.30. The van der Waals surface area contributed by atoms with Gasteiger partial charge in [-0.2, -0.15) is 0 Å². The first-order chi connectivity index (χ1) is 7.88. The molecule has 0 heterocycles. The molecule has 1 aliphatic rings. The summed E-state index contributed by atoms with van der Waals surface area (Å²) in [5.74, 6) is 1.000. The number of rotatable bonds is 5. The Morgan fingerprint density at radius 1 is 1.31 bits per heavy atom. The van der Waals surface area contributed by atoms with Crippen molar-refractivity contribution in [3.63, 3.8) is 0 Å². The predicted molar refractivity (Wildman–Crippen MR) is 65.5 cm³/mol. The number of nitrogens with two attached hydrogens (primary N) is 1. The maximum absolute atomic E-state index is 5.50. The van der Waals surface area contributed by atoms with Crippen molar-refractivity contribution in [2.75, 3.05) is 6.61 Å². The van der Waals surface area contributed by atoms with E-state index in [-0.39, 0.29) is 0 Å². The number of benzene rings is 1. The van der Waals surface area contributed by atoms with E-state index in [0.717, 1.165) is 24.9 Å². The predicted octanol–water partition coefficient (Wildman–Crippen LogP) is 2.09. The van der Waals surface area contributed by atoms with Crippen molar-refractivity contribution in [1.29, 1.82) is 0 Å². The minimum absolute atomic E-state index is 0.746. The summed E-state index contributed by atoms with van der Waals surface area (Å²) in [6, 6.07) is 9.32. The average molecular weight is 220 g/mol. The largest absolute Gasteiger partial charge is 0.494 e. The molecule has 0 radical (unpaired) electrons. The van der Waals surface area contributed by atoms with Crippen LogP contribution in [0, 0.1) is 0 Å². The molecule has 0 amide bonds. The molecule has 0 bridgehead atoms. The Bertz CT molecular complexity index is 318. The van der Waals surface area contributed by atoms with Crippen LogP contribution in [0.2, 0.25) is 0 Å². The molecule has 1 aliphatic carbocycles. The van der Waals surface area contributed by atoms with Gasteiger partial charge in [-0.15, -0.1) is 0 Å². The molecule has 1 saturated carbocycles. The van der Waals surface area contributed by atoms with Crippen LogP contribution in [0.15, 0.2) is 24.3 Å². The number of ether oxygens (including phenoxy) is 1. The fraction of sp³-hybridized carbons (Fsp3) is 0.571. The summed E-state index contributed by atoms with van der Waals surface area (Å²) in [4.78, 5) is 0. The van der Waals surface area contributed by atoms with Crippen LogP contribution < -0.4 is 10.1 Å². The first-order valence-electron chi connectivity index (χ1n) is 6.43. The van der Waals surface area contributed by atoms with Crippen molar-refractivity contribution in [3.8, 4) is 5.75 Å². The second-order valence-corrected chi connectivity index (χ2v) is 4.56. The Labute approximate surface area is 98.0 Å².